The van der Waals surface area contributed by atoms with Gasteiger partial charge in [0.15, 0.2) is 5.78 Å². The van der Waals surface area contributed by atoms with E-state index < -0.39 is 19.2 Å². The maximum Gasteiger partial charge on any atom is 0.392 e. The van der Waals surface area contributed by atoms with E-state index in [-0.39, 0.29) is 11.7 Å². The maximum atomic E-state index is 11.8. The van der Waals surface area contributed by atoms with Gasteiger partial charge in [-0.3, -0.25) is 4.79 Å². The van der Waals surface area contributed by atoms with Crippen molar-refractivity contribution >= 4 is 5.78 Å². The first-order valence-electron chi connectivity index (χ1n) is 4.55. The summed E-state index contributed by atoms with van der Waals surface area (Å²) >= 11 is 0. The molecule has 3 nitrogen and oxygen atoms in total. The van der Waals surface area contributed by atoms with E-state index in [1.165, 1.54) is 25.3 Å². The molecule has 6 heteroatoms. The van der Waals surface area contributed by atoms with Crippen molar-refractivity contribution in [3.63, 3.8) is 0 Å². The monoisotopic (exact) mass is 233 g/mol. The van der Waals surface area contributed by atoms with Crippen molar-refractivity contribution in [2.75, 3.05) is 6.61 Å². The molecule has 0 fully saturated rings. The second kappa shape index (κ2) is 4.96. The highest BCUT2D eigenvalue weighted by molar-refractivity contribution is 5.93. The van der Waals surface area contributed by atoms with Crippen LogP contribution < -0.4 is 4.74 Å². The van der Waals surface area contributed by atoms with Gasteiger partial charge in [0.25, 0.3) is 0 Å². The fourth-order valence-electron chi connectivity index (χ4n) is 0.945. The number of pyridine rings is 1. The SMILES string of the molecule is CC(=O)c1ccc(OCCC(F)(F)F)nc1. The van der Waals surface area contributed by atoms with Gasteiger partial charge in [-0.25, -0.2) is 4.98 Å². The van der Waals surface area contributed by atoms with E-state index in [1.54, 1.807) is 0 Å². The van der Waals surface area contributed by atoms with Crippen LogP contribution in [0.1, 0.15) is 23.7 Å². The first-order valence-corrected chi connectivity index (χ1v) is 4.55. The van der Waals surface area contributed by atoms with Gasteiger partial charge in [-0.15, -0.1) is 0 Å². The zero-order valence-electron chi connectivity index (χ0n) is 8.54. The van der Waals surface area contributed by atoms with Gasteiger partial charge in [-0.2, -0.15) is 13.2 Å². The van der Waals surface area contributed by atoms with Crippen molar-refractivity contribution in [1.82, 2.24) is 4.98 Å². The summed E-state index contributed by atoms with van der Waals surface area (Å²) in [4.78, 5) is 14.6. The molecule has 0 amide bonds. The summed E-state index contributed by atoms with van der Waals surface area (Å²) in [6.07, 6.45) is -3.99. The van der Waals surface area contributed by atoms with Crippen LogP contribution in [0.5, 0.6) is 5.88 Å². The van der Waals surface area contributed by atoms with E-state index in [1.807, 2.05) is 0 Å². The first kappa shape index (κ1) is 12.5. The molecule has 0 aliphatic heterocycles. The average molecular weight is 233 g/mol. The lowest BCUT2D eigenvalue weighted by Crippen LogP contribution is -2.13. The van der Waals surface area contributed by atoms with Gasteiger partial charge >= 0.3 is 6.18 Å². The second-order valence-electron chi connectivity index (χ2n) is 3.15. The molecule has 0 aliphatic rings. The molecule has 0 spiro atoms. The van der Waals surface area contributed by atoms with Crippen LogP contribution in [0.25, 0.3) is 0 Å². The number of alkyl halides is 3. The molecule has 1 aromatic rings. The Kier molecular flexibility index (Phi) is 3.87. The van der Waals surface area contributed by atoms with Crippen LogP contribution in [0.15, 0.2) is 18.3 Å². The average Bonchev–Trinajstić information content (AvgIpc) is 2.16. The van der Waals surface area contributed by atoms with Crippen molar-refractivity contribution in [1.29, 1.82) is 0 Å². The van der Waals surface area contributed by atoms with Crippen LogP contribution in [-0.2, 0) is 0 Å². The Morgan fingerprint density at radius 2 is 2.12 bits per heavy atom. The largest absolute Gasteiger partial charge is 0.477 e. The first-order chi connectivity index (χ1) is 7.38. The van der Waals surface area contributed by atoms with Crippen molar-refractivity contribution in [3.8, 4) is 5.88 Å². The van der Waals surface area contributed by atoms with E-state index in [9.17, 15) is 18.0 Å². The van der Waals surface area contributed by atoms with Crippen molar-refractivity contribution in [2.45, 2.75) is 19.5 Å². The quantitative estimate of drug-likeness (QED) is 0.750. The highest BCUT2D eigenvalue weighted by atomic mass is 19.4. The minimum Gasteiger partial charge on any atom is -0.477 e. The zero-order chi connectivity index (χ0) is 12.2. The van der Waals surface area contributed by atoms with Gasteiger partial charge in [0.1, 0.15) is 0 Å². The molecule has 16 heavy (non-hydrogen) atoms. The Morgan fingerprint density at radius 1 is 1.44 bits per heavy atom. The fourth-order valence-corrected chi connectivity index (χ4v) is 0.945. The van der Waals surface area contributed by atoms with E-state index in [2.05, 4.69) is 4.98 Å². The Balaban J connectivity index is 2.47. The van der Waals surface area contributed by atoms with E-state index in [0.29, 0.717) is 5.56 Å². The summed E-state index contributed by atoms with van der Waals surface area (Å²) in [7, 11) is 0. The Morgan fingerprint density at radius 3 is 2.56 bits per heavy atom. The van der Waals surface area contributed by atoms with Gasteiger partial charge in [0, 0.05) is 17.8 Å². The summed E-state index contributed by atoms with van der Waals surface area (Å²) in [5.41, 5.74) is 0.392. The van der Waals surface area contributed by atoms with Crippen molar-refractivity contribution < 1.29 is 22.7 Å². The number of carbonyl (C=O) groups is 1. The van der Waals surface area contributed by atoms with Crippen molar-refractivity contribution in [2.24, 2.45) is 0 Å². The van der Waals surface area contributed by atoms with E-state index in [0.717, 1.165) is 0 Å². The third-order valence-electron chi connectivity index (χ3n) is 1.78. The molecule has 0 saturated carbocycles. The van der Waals surface area contributed by atoms with Gasteiger partial charge in [-0.05, 0) is 13.0 Å². The number of hydrogen-bond donors (Lipinski definition) is 0. The molecule has 0 aromatic carbocycles. The standard InChI is InChI=1S/C10H10F3NO2/c1-7(15)8-2-3-9(14-6-8)16-5-4-10(11,12)13/h2-3,6H,4-5H2,1H3. The second-order valence-corrected chi connectivity index (χ2v) is 3.15. The number of ether oxygens (including phenoxy) is 1. The molecule has 0 radical (unpaired) electrons. The number of rotatable bonds is 4. The third kappa shape index (κ3) is 4.29. The number of nitrogens with zero attached hydrogens (tertiary/aromatic N) is 1. The summed E-state index contributed by atoms with van der Waals surface area (Å²) in [5.74, 6) is -0.0800. The van der Waals surface area contributed by atoms with Crippen LogP contribution in [0.2, 0.25) is 0 Å². The molecule has 1 rings (SSSR count). The van der Waals surface area contributed by atoms with E-state index >= 15 is 0 Å². The van der Waals surface area contributed by atoms with Gasteiger partial charge in [0.2, 0.25) is 5.88 Å². The predicted molar refractivity (Wildman–Crippen MR) is 50.4 cm³/mol. The Hall–Kier alpha value is -1.59. The molecule has 0 atom stereocenters. The number of carbonyl (C=O) groups excluding carboxylic acids is 1. The normalized spacial score (nSPS) is 11.2. The fraction of sp³-hybridized carbons (Fsp3) is 0.400. The molecule has 0 unspecified atom stereocenters. The predicted octanol–water partition coefficient (Wildman–Crippen LogP) is 2.62. The van der Waals surface area contributed by atoms with Crippen LogP contribution >= 0.6 is 0 Å². The van der Waals surface area contributed by atoms with Crippen LogP contribution in [0, 0.1) is 0 Å². The van der Waals surface area contributed by atoms with Crippen molar-refractivity contribution in [3.05, 3.63) is 23.9 Å². The summed E-state index contributed by atoms with van der Waals surface area (Å²) < 4.78 is 40.1. The molecule has 1 heterocycles. The van der Waals surface area contributed by atoms with Crippen LogP contribution in [-0.4, -0.2) is 23.6 Å². The highest BCUT2D eigenvalue weighted by Crippen LogP contribution is 2.19. The Labute approximate surface area is 90.2 Å². The summed E-state index contributed by atoms with van der Waals surface area (Å²) in [5, 5.41) is 0. The molecule has 0 bridgehead atoms. The smallest absolute Gasteiger partial charge is 0.392 e. The molecule has 88 valence electrons. The third-order valence-corrected chi connectivity index (χ3v) is 1.78. The molecule has 1 aromatic heterocycles. The summed E-state index contributed by atoms with van der Waals surface area (Å²) in [6, 6.07) is 2.82. The van der Waals surface area contributed by atoms with Gasteiger partial charge in [0.05, 0.1) is 13.0 Å². The number of aromatic nitrogens is 1. The molecular formula is C10H10F3NO2. The lowest BCUT2D eigenvalue weighted by molar-refractivity contribution is -0.139. The number of Topliss-reactive ketones (excluding diaryl/α,β-unsaturated/α-hetero) is 1. The molecule has 0 aliphatic carbocycles. The van der Waals surface area contributed by atoms with Gasteiger partial charge in [-0.1, -0.05) is 0 Å². The number of halogens is 3. The lowest BCUT2D eigenvalue weighted by Gasteiger charge is -2.07. The number of hydrogen-bond acceptors (Lipinski definition) is 3. The van der Waals surface area contributed by atoms with Crippen LogP contribution in [0.4, 0.5) is 13.2 Å². The molecular weight excluding hydrogens is 223 g/mol. The minimum absolute atomic E-state index is 0.0780. The van der Waals surface area contributed by atoms with Gasteiger partial charge < -0.3 is 4.74 Å². The van der Waals surface area contributed by atoms with Crippen LogP contribution in [0.3, 0.4) is 0 Å². The highest BCUT2D eigenvalue weighted by Gasteiger charge is 2.26. The Bertz CT molecular complexity index is 359. The maximum absolute atomic E-state index is 11.8. The number of ketones is 1. The minimum atomic E-state index is -4.24. The zero-order valence-corrected chi connectivity index (χ0v) is 8.54. The van der Waals surface area contributed by atoms with E-state index in [4.69, 9.17) is 4.74 Å². The topological polar surface area (TPSA) is 39.2 Å². The lowest BCUT2D eigenvalue weighted by atomic mass is 10.2. The molecule has 0 saturated heterocycles. The molecule has 0 N–H and O–H groups in total. The summed E-state index contributed by atoms with van der Waals surface area (Å²) in [6.45, 7) is 0.900.